The zero-order valence-corrected chi connectivity index (χ0v) is 12.9. The summed E-state index contributed by atoms with van der Waals surface area (Å²) >= 11 is 0. The molecule has 1 unspecified atom stereocenters. The van der Waals surface area contributed by atoms with Gasteiger partial charge in [0.05, 0.1) is 18.8 Å². The second-order valence-electron chi connectivity index (χ2n) is 5.61. The number of allylic oxidation sites excluding steroid dienone is 1. The molecule has 1 amide bonds. The minimum absolute atomic E-state index is 0.119. The molecule has 20 heavy (non-hydrogen) atoms. The maximum Gasteiger partial charge on any atom is 0.244 e. The van der Waals surface area contributed by atoms with Gasteiger partial charge in [0, 0.05) is 32.3 Å². The zero-order valence-electron chi connectivity index (χ0n) is 12.9. The van der Waals surface area contributed by atoms with Crippen LogP contribution in [0.15, 0.2) is 11.6 Å². The van der Waals surface area contributed by atoms with E-state index in [0.717, 1.165) is 31.5 Å². The molecule has 0 aromatic heterocycles. The summed E-state index contributed by atoms with van der Waals surface area (Å²) in [6.45, 7) is 9.74. The molecule has 0 aliphatic carbocycles. The Hall–Kier alpha value is -0.910. The first kappa shape index (κ1) is 17.1. The monoisotopic (exact) mass is 284 g/mol. The van der Waals surface area contributed by atoms with Crippen molar-refractivity contribution in [1.82, 2.24) is 10.2 Å². The molecule has 0 radical (unpaired) electrons. The molecule has 0 aromatic rings. The Bertz CT molecular complexity index is 328. The number of nitrogens with one attached hydrogen (secondary N) is 1. The standard InChI is InChI=1S/C15H28N2O3/c1-4-13(5-2)10-14(18)16-11-15(3,19)12-17-6-8-20-9-7-17/h10,19H,4-9,11-12H2,1-3H3,(H,16,18). The molecule has 5 heteroatoms. The minimum atomic E-state index is -0.917. The number of morpholine rings is 1. The maximum absolute atomic E-state index is 11.8. The van der Waals surface area contributed by atoms with Crippen LogP contribution in [0.1, 0.15) is 33.6 Å². The van der Waals surface area contributed by atoms with Gasteiger partial charge in [0.2, 0.25) is 5.91 Å². The van der Waals surface area contributed by atoms with E-state index in [2.05, 4.69) is 10.2 Å². The van der Waals surface area contributed by atoms with Gasteiger partial charge in [-0.1, -0.05) is 19.4 Å². The molecule has 0 saturated carbocycles. The Morgan fingerprint density at radius 3 is 2.50 bits per heavy atom. The highest BCUT2D eigenvalue weighted by atomic mass is 16.5. The average Bonchev–Trinajstić information content (AvgIpc) is 2.43. The largest absolute Gasteiger partial charge is 0.387 e. The third-order valence-electron chi connectivity index (χ3n) is 3.55. The van der Waals surface area contributed by atoms with Crippen molar-refractivity contribution in [2.75, 3.05) is 39.4 Å². The number of β-amino-alcohol motifs (C(OH)–C–C–N with tert-alkyl or cyclic N) is 1. The highest BCUT2D eigenvalue weighted by molar-refractivity contribution is 5.88. The quantitative estimate of drug-likeness (QED) is 0.683. The van der Waals surface area contributed by atoms with Gasteiger partial charge in [0.1, 0.15) is 0 Å². The number of ether oxygens (including phenoxy) is 1. The number of amides is 1. The summed E-state index contributed by atoms with van der Waals surface area (Å²) < 4.78 is 5.28. The number of rotatable bonds is 7. The van der Waals surface area contributed by atoms with Crippen molar-refractivity contribution in [3.8, 4) is 0 Å². The van der Waals surface area contributed by atoms with Gasteiger partial charge in [-0.05, 0) is 19.8 Å². The molecular formula is C15H28N2O3. The van der Waals surface area contributed by atoms with E-state index in [-0.39, 0.29) is 12.5 Å². The van der Waals surface area contributed by atoms with Gasteiger partial charge in [-0.25, -0.2) is 0 Å². The van der Waals surface area contributed by atoms with Gasteiger partial charge in [-0.15, -0.1) is 0 Å². The first-order chi connectivity index (χ1) is 9.46. The summed E-state index contributed by atoms with van der Waals surface area (Å²) in [7, 11) is 0. The van der Waals surface area contributed by atoms with Crippen LogP contribution in [-0.2, 0) is 9.53 Å². The second-order valence-corrected chi connectivity index (χ2v) is 5.61. The Morgan fingerprint density at radius 1 is 1.35 bits per heavy atom. The molecule has 1 heterocycles. The van der Waals surface area contributed by atoms with Crippen molar-refractivity contribution in [2.24, 2.45) is 0 Å². The van der Waals surface area contributed by atoms with Crippen LogP contribution in [-0.4, -0.2) is 60.9 Å². The lowest BCUT2D eigenvalue weighted by atomic mass is 10.1. The Morgan fingerprint density at radius 2 is 1.95 bits per heavy atom. The van der Waals surface area contributed by atoms with Gasteiger partial charge in [0.15, 0.2) is 0 Å². The van der Waals surface area contributed by atoms with E-state index in [1.807, 2.05) is 13.8 Å². The predicted molar refractivity (Wildman–Crippen MR) is 79.6 cm³/mol. The summed E-state index contributed by atoms with van der Waals surface area (Å²) in [5.41, 5.74) is 0.203. The summed E-state index contributed by atoms with van der Waals surface area (Å²) in [4.78, 5) is 13.9. The van der Waals surface area contributed by atoms with Crippen LogP contribution in [0.5, 0.6) is 0 Å². The van der Waals surface area contributed by atoms with E-state index < -0.39 is 5.60 Å². The van der Waals surface area contributed by atoms with Gasteiger partial charge in [0.25, 0.3) is 0 Å². The second kappa shape index (κ2) is 8.39. The molecule has 116 valence electrons. The Kier molecular flexibility index (Phi) is 7.19. The SMILES string of the molecule is CCC(=CC(=O)NCC(C)(O)CN1CCOCC1)CC. The van der Waals surface area contributed by atoms with Gasteiger partial charge < -0.3 is 15.2 Å². The molecule has 1 rings (SSSR count). The van der Waals surface area contributed by atoms with E-state index in [9.17, 15) is 9.90 Å². The number of nitrogens with zero attached hydrogens (tertiary/aromatic N) is 1. The first-order valence-corrected chi connectivity index (χ1v) is 7.46. The lowest BCUT2D eigenvalue weighted by Gasteiger charge is -2.33. The molecule has 1 atom stereocenters. The molecule has 5 nitrogen and oxygen atoms in total. The Labute approximate surface area is 122 Å². The highest BCUT2D eigenvalue weighted by Gasteiger charge is 2.25. The molecule has 1 saturated heterocycles. The molecule has 1 aliphatic rings. The fourth-order valence-corrected chi connectivity index (χ4v) is 2.26. The topological polar surface area (TPSA) is 61.8 Å². The predicted octanol–water partition coefficient (Wildman–Crippen LogP) is 0.932. The van der Waals surface area contributed by atoms with E-state index in [1.165, 1.54) is 0 Å². The maximum atomic E-state index is 11.8. The number of carbonyl (C=O) groups excluding carboxylic acids is 1. The zero-order chi connectivity index (χ0) is 15.0. The normalized spacial score (nSPS) is 19.2. The number of aliphatic hydroxyl groups is 1. The summed E-state index contributed by atoms with van der Waals surface area (Å²) in [5, 5.41) is 13.1. The van der Waals surface area contributed by atoms with Gasteiger partial charge in [-0.3, -0.25) is 9.69 Å². The fraction of sp³-hybridized carbons (Fsp3) is 0.800. The van der Waals surface area contributed by atoms with Crippen LogP contribution in [0, 0.1) is 0 Å². The molecule has 1 aliphatic heterocycles. The molecular weight excluding hydrogens is 256 g/mol. The van der Waals surface area contributed by atoms with Crippen LogP contribution in [0.4, 0.5) is 0 Å². The molecule has 2 N–H and O–H groups in total. The van der Waals surface area contributed by atoms with Crippen LogP contribution >= 0.6 is 0 Å². The van der Waals surface area contributed by atoms with Gasteiger partial charge >= 0.3 is 0 Å². The minimum Gasteiger partial charge on any atom is -0.387 e. The van der Waals surface area contributed by atoms with Gasteiger partial charge in [-0.2, -0.15) is 0 Å². The van der Waals surface area contributed by atoms with Crippen molar-refractivity contribution in [3.63, 3.8) is 0 Å². The lowest BCUT2D eigenvalue weighted by molar-refractivity contribution is -0.118. The molecule has 1 fully saturated rings. The smallest absolute Gasteiger partial charge is 0.244 e. The third kappa shape index (κ3) is 6.50. The van der Waals surface area contributed by atoms with Crippen molar-refractivity contribution >= 4 is 5.91 Å². The molecule has 0 aromatic carbocycles. The van der Waals surface area contributed by atoms with Crippen LogP contribution in [0.25, 0.3) is 0 Å². The summed E-state index contributed by atoms with van der Waals surface area (Å²) in [6.07, 6.45) is 3.41. The van der Waals surface area contributed by atoms with E-state index in [1.54, 1.807) is 13.0 Å². The number of hydrogen-bond acceptors (Lipinski definition) is 4. The van der Waals surface area contributed by atoms with Crippen molar-refractivity contribution in [1.29, 1.82) is 0 Å². The number of hydrogen-bond donors (Lipinski definition) is 2. The van der Waals surface area contributed by atoms with Crippen LogP contribution in [0.2, 0.25) is 0 Å². The highest BCUT2D eigenvalue weighted by Crippen LogP contribution is 2.08. The first-order valence-electron chi connectivity index (χ1n) is 7.46. The molecule has 0 spiro atoms. The van der Waals surface area contributed by atoms with Crippen LogP contribution < -0.4 is 5.32 Å². The van der Waals surface area contributed by atoms with Crippen molar-refractivity contribution in [3.05, 3.63) is 11.6 Å². The van der Waals surface area contributed by atoms with Crippen LogP contribution in [0.3, 0.4) is 0 Å². The van der Waals surface area contributed by atoms with Crippen molar-refractivity contribution in [2.45, 2.75) is 39.2 Å². The van der Waals surface area contributed by atoms with E-state index in [0.29, 0.717) is 19.8 Å². The Balaban J connectivity index is 2.37. The third-order valence-corrected chi connectivity index (χ3v) is 3.55. The summed E-state index contributed by atoms with van der Waals surface area (Å²) in [5.74, 6) is -0.119. The molecule has 0 bridgehead atoms. The van der Waals surface area contributed by atoms with Crippen molar-refractivity contribution < 1.29 is 14.6 Å². The number of carbonyl (C=O) groups is 1. The summed E-state index contributed by atoms with van der Waals surface area (Å²) in [6, 6.07) is 0. The van der Waals surface area contributed by atoms with E-state index >= 15 is 0 Å². The van der Waals surface area contributed by atoms with E-state index in [4.69, 9.17) is 4.74 Å². The average molecular weight is 284 g/mol. The lowest BCUT2D eigenvalue weighted by Crippen LogP contribution is -2.51. The fourth-order valence-electron chi connectivity index (χ4n) is 2.26.